The molecule has 0 saturated carbocycles. The van der Waals surface area contributed by atoms with Crippen LogP contribution in [-0.4, -0.2) is 34.5 Å². The van der Waals surface area contributed by atoms with Crippen molar-refractivity contribution in [2.45, 2.75) is 32.4 Å². The van der Waals surface area contributed by atoms with Gasteiger partial charge < -0.3 is 15.7 Å². The Labute approximate surface area is 110 Å². The van der Waals surface area contributed by atoms with E-state index in [0.717, 1.165) is 4.88 Å². The topological polar surface area (TPSA) is 83.6 Å². The fraction of sp³-hybridized carbons (Fsp3) is 0.500. The molecule has 0 aliphatic heterocycles. The molecule has 1 aromatic rings. The molecule has 1 amide bonds. The summed E-state index contributed by atoms with van der Waals surface area (Å²) in [4.78, 5) is 25.2. The van der Waals surface area contributed by atoms with Crippen molar-refractivity contribution in [3.8, 4) is 0 Å². The van der Waals surface area contributed by atoms with Crippen molar-refractivity contribution in [2.75, 3.05) is 6.54 Å². The lowest BCUT2D eigenvalue weighted by Gasteiger charge is -2.29. The molecular weight excluding hydrogens is 252 g/mol. The molecule has 2 atom stereocenters. The number of rotatable bonds is 6. The summed E-state index contributed by atoms with van der Waals surface area (Å²) >= 11 is 1.42. The molecule has 2 unspecified atom stereocenters. The van der Waals surface area contributed by atoms with E-state index in [-0.39, 0.29) is 18.4 Å². The van der Waals surface area contributed by atoms with Crippen LogP contribution in [0.3, 0.4) is 0 Å². The van der Waals surface area contributed by atoms with Crippen LogP contribution in [0.1, 0.15) is 31.2 Å². The number of carboxylic acid groups (broad SMARTS) is 1. The van der Waals surface area contributed by atoms with E-state index in [1.54, 1.807) is 6.92 Å². The molecule has 0 aromatic carbocycles. The second-order valence-corrected chi connectivity index (χ2v) is 5.04. The minimum Gasteiger partial charge on any atom is -0.481 e. The van der Waals surface area contributed by atoms with Gasteiger partial charge in [-0.25, -0.2) is 0 Å². The lowest BCUT2D eigenvalue weighted by molar-refractivity contribution is -0.140. The van der Waals surface area contributed by atoms with Crippen molar-refractivity contribution in [1.82, 2.24) is 4.90 Å². The molecule has 0 bridgehead atoms. The van der Waals surface area contributed by atoms with Crippen LogP contribution in [0.5, 0.6) is 0 Å². The van der Waals surface area contributed by atoms with Gasteiger partial charge in [-0.05, 0) is 25.3 Å². The number of nitrogens with two attached hydrogens (primary N) is 1. The summed E-state index contributed by atoms with van der Waals surface area (Å²) in [5.74, 6) is -1.15. The van der Waals surface area contributed by atoms with Gasteiger partial charge in [0.1, 0.15) is 6.04 Å². The number of likely N-dealkylation sites (N-methyl/N-ethyl adjacent to an activating group) is 1. The Balaban J connectivity index is 2.76. The first-order chi connectivity index (χ1) is 8.47. The molecule has 100 valence electrons. The van der Waals surface area contributed by atoms with Gasteiger partial charge in [-0.3, -0.25) is 9.59 Å². The lowest BCUT2D eigenvalue weighted by Crippen LogP contribution is -2.44. The first kappa shape index (κ1) is 14.7. The third-order valence-electron chi connectivity index (χ3n) is 2.74. The number of thiophene rings is 1. The standard InChI is InChI=1S/C12H18N2O3S/c1-3-14(8(2)7-10(15)16)12(17)11(13)9-5-4-6-18-9/h4-6,8,11H,3,7,13H2,1-2H3,(H,15,16). The zero-order valence-electron chi connectivity index (χ0n) is 10.5. The number of aliphatic carboxylic acids is 1. The fourth-order valence-corrected chi connectivity index (χ4v) is 2.54. The number of carbonyl (C=O) groups excluding carboxylic acids is 1. The van der Waals surface area contributed by atoms with E-state index in [2.05, 4.69) is 0 Å². The zero-order valence-corrected chi connectivity index (χ0v) is 11.3. The molecule has 18 heavy (non-hydrogen) atoms. The molecule has 0 saturated heterocycles. The average molecular weight is 270 g/mol. The molecular formula is C12H18N2O3S. The maximum atomic E-state index is 12.2. The van der Waals surface area contributed by atoms with Crippen LogP contribution in [0.4, 0.5) is 0 Å². The Hall–Kier alpha value is -1.40. The van der Waals surface area contributed by atoms with Crippen LogP contribution in [-0.2, 0) is 9.59 Å². The monoisotopic (exact) mass is 270 g/mol. The molecule has 1 heterocycles. The first-order valence-electron chi connectivity index (χ1n) is 5.78. The van der Waals surface area contributed by atoms with Crippen molar-refractivity contribution in [3.63, 3.8) is 0 Å². The summed E-state index contributed by atoms with van der Waals surface area (Å²) in [5.41, 5.74) is 5.90. The van der Waals surface area contributed by atoms with E-state index in [4.69, 9.17) is 10.8 Å². The van der Waals surface area contributed by atoms with Gasteiger partial charge in [-0.2, -0.15) is 0 Å². The van der Waals surface area contributed by atoms with Gasteiger partial charge in [0, 0.05) is 17.5 Å². The van der Waals surface area contributed by atoms with Gasteiger partial charge in [-0.15, -0.1) is 11.3 Å². The largest absolute Gasteiger partial charge is 0.481 e. The SMILES string of the molecule is CCN(C(=O)C(N)c1cccs1)C(C)CC(=O)O. The van der Waals surface area contributed by atoms with Crippen LogP contribution in [0.25, 0.3) is 0 Å². The van der Waals surface area contributed by atoms with Crippen molar-refractivity contribution < 1.29 is 14.7 Å². The van der Waals surface area contributed by atoms with Crippen molar-refractivity contribution in [3.05, 3.63) is 22.4 Å². The Kier molecular flexibility index (Phi) is 5.30. The molecule has 0 aliphatic rings. The summed E-state index contributed by atoms with van der Waals surface area (Å²) in [5, 5.41) is 10.6. The van der Waals surface area contributed by atoms with Gasteiger partial charge >= 0.3 is 5.97 Å². The lowest BCUT2D eigenvalue weighted by atomic mass is 10.1. The Morgan fingerprint density at radius 2 is 2.22 bits per heavy atom. The van der Waals surface area contributed by atoms with E-state index in [9.17, 15) is 9.59 Å². The fourth-order valence-electron chi connectivity index (χ4n) is 1.82. The van der Waals surface area contributed by atoms with Gasteiger partial charge in [-0.1, -0.05) is 6.07 Å². The van der Waals surface area contributed by atoms with E-state index in [0.29, 0.717) is 6.54 Å². The molecule has 5 nitrogen and oxygen atoms in total. The van der Waals surface area contributed by atoms with Gasteiger partial charge in [0.15, 0.2) is 0 Å². The summed E-state index contributed by atoms with van der Waals surface area (Å²) in [6.45, 7) is 3.99. The van der Waals surface area contributed by atoms with Crippen LogP contribution >= 0.6 is 11.3 Å². The first-order valence-corrected chi connectivity index (χ1v) is 6.66. The van der Waals surface area contributed by atoms with E-state index in [1.165, 1.54) is 16.2 Å². The van der Waals surface area contributed by atoms with Gasteiger partial charge in [0.05, 0.1) is 6.42 Å². The number of hydrogen-bond acceptors (Lipinski definition) is 4. The van der Waals surface area contributed by atoms with E-state index >= 15 is 0 Å². The summed E-state index contributed by atoms with van der Waals surface area (Å²) in [6, 6.07) is 2.58. The predicted octanol–water partition coefficient (Wildman–Crippen LogP) is 1.46. The average Bonchev–Trinajstić information content (AvgIpc) is 2.81. The van der Waals surface area contributed by atoms with Crippen LogP contribution in [0, 0.1) is 0 Å². The van der Waals surface area contributed by atoms with Crippen LogP contribution in [0.15, 0.2) is 17.5 Å². The minimum atomic E-state index is -0.918. The second kappa shape index (κ2) is 6.51. The molecule has 0 aliphatic carbocycles. The number of amides is 1. The summed E-state index contributed by atoms with van der Waals surface area (Å²) in [7, 11) is 0. The molecule has 6 heteroatoms. The highest BCUT2D eigenvalue weighted by atomic mass is 32.1. The summed E-state index contributed by atoms with van der Waals surface area (Å²) < 4.78 is 0. The number of hydrogen-bond donors (Lipinski definition) is 2. The smallest absolute Gasteiger partial charge is 0.305 e. The maximum Gasteiger partial charge on any atom is 0.305 e. The molecule has 1 rings (SSSR count). The summed E-state index contributed by atoms with van der Waals surface area (Å²) in [6.07, 6.45) is -0.0727. The van der Waals surface area contributed by atoms with Crippen molar-refractivity contribution in [1.29, 1.82) is 0 Å². The molecule has 0 spiro atoms. The van der Waals surface area contributed by atoms with Crippen LogP contribution < -0.4 is 5.73 Å². The quantitative estimate of drug-likeness (QED) is 0.819. The molecule has 0 radical (unpaired) electrons. The van der Waals surface area contributed by atoms with E-state index < -0.39 is 12.0 Å². The Morgan fingerprint density at radius 3 is 2.67 bits per heavy atom. The Morgan fingerprint density at radius 1 is 1.56 bits per heavy atom. The molecule has 3 N–H and O–H groups in total. The van der Waals surface area contributed by atoms with Crippen molar-refractivity contribution in [2.24, 2.45) is 5.73 Å². The number of carbonyl (C=O) groups is 2. The van der Waals surface area contributed by atoms with Crippen LogP contribution in [0.2, 0.25) is 0 Å². The van der Waals surface area contributed by atoms with E-state index in [1.807, 2.05) is 24.4 Å². The third kappa shape index (κ3) is 3.54. The second-order valence-electron chi connectivity index (χ2n) is 4.06. The highest BCUT2D eigenvalue weighted by Gasteiger charge is 2.26. The maximum absolute atomic E-state index is 12.2. The highest BCUT2D eigenvalue weighted by Crippen LogP contribution is 2.20. The number of carboxylic acids is 1. The normalized spacial score (nSPS) is 13.9. The van der Waals surface area contributed by atoms with Gasteiger partial charge in [0.25, 0.3) is 0 Å². The Bertz CT molecular complexity index is 405. The zero-order chi connectivity index (χ0) is 13.7. The van der Waals surface area contributed by atoms with Crippen molar-refractivity contribution >= 4 is 23.2 Å². The highest BCUT2D eigenvalue weighted by molar-refractivity contribution is 7.10. The van der Waals surface area contributed by atoms with Gasteiger partial charge in [0.2, 0.25) is 5.91 Å². The third-order valence-corrected chi connectivity index (χ3v) is 3.70. The number of nitrogens with zero attached hydrogens (tertiary/aromatic N) is 1. The minimum absolute atomic E-state index is 0.0727. The molecule has 0 fully saturated rings. The molecule has 1 aromatic heterocycles. The predicted molar refractivity (Wildman–Crippen MR) is 70.3 cm³/mol.